The molecule has 19 heavy (non-hydrogen) atoms. The van der Waals surface area contributed by atoms with Crippen molar-refractivity contribution in [1.82, 2.24) is 5.32 Å². The van der Waals surface area contributed by atoms with Crippen molar-refractivity contribution in [3.8, 4) is 0 Å². The minimum Gasteiger partial charge on any atom is -0.443 e. The summed E-state index contributed by atoms with van der Waals surface area (Å²) in [6.07, 6.45) is 0.748. The molecule has 0 spiro atoms. The largest absolute Gasteiger partial charge is 0.443 e. The maximum atomic E-state index is 11.4. The summed E-state index contributed by atoms with van der Waals surface area (Å²) >= 11 is 0. The number of aryl methyl sites for hydroxylation is 1. The fourth-order valence-electron chi connectivity index (χ4n) is 2.00. The van der Waals surface area contributed by atoms with E-state index in [0.717, 1.165) is 24.0 Å². The molecular weight excluding hydrogens is 242 g/mol. The van der Waals surface area contributed by atoms with Crippen molar-refractivity contribution in [2.24, 2.45) is 0 Å². The summed E-state index contributed by atoms with van der Waals surface area (Å²) in [6, 6.07) is 7.61. The predicted octanol–water partition coefficient (Wildman–Crippen LogP) is 2.94. The monoisotopic (exact) mass is 265 g/mol. The number of aliphatic hydroxyl groups excluding tert-OH is 1. The van der Waals surface area contributed by atoms with Crippen LogP contribution in [0.5, 0.6) is 0 Å². The molecule has 1 amide bonds. The second-order valence-corrected chi connectivity index (χ2v) is 4.64. The van der Waals surface area contributed by atoms with Crippen LogP contribution in [0.4, 0.5) is 4.79 Å². The highest BCUT2D eigenvalue weighted by molar-refractivity contribution is 5.66. The van der Waals surface area contributed by atoms with Crippen LogP contribution in [0.2, 0.25) is 0 Å². The van der Waals surface area contributed by atoms with Crippen molar-refractivity contribution in [2.45, 2.75) is 45.3 Å². The van der Waals surface area contributed by atoms with E-state index >= 15 is 0 Å². The molecule has 0 heterocycles. The Kier molecular flexibility index (Phi) is 6.36. The van der Waals surface area contributed by atoms with Gasteiger partial charge in [0.25, 0.3) is 0 Å². The van der Waals surface area contributed by atoms with Crippen LogP contribution < -0.4 is 5.32 Å². The van der Waals surface area contributed by atoms with Gasteiger partial charge in [0.2, 0.25) is 0 Å². The number of carbonyl (C=O) groups is 1. The summed E-state index contributed by atoms with van der Waals surface area (Å²) in [5.41, 5.74) is 1.81. The first-order valence-electron chi connectivity index (χ1n) is 6.72. The molecule has 0 radical (unpaired) electrons. The minimum absolute atomic E-state index is 0.506. The third-order valence-corrected chi connectivity index (χ3v) is 3.16. The van der Waals surface area contributed by atoms with Gasteiger partial charge in [0.05, 0.1) is 0 Å². The van der Waals surface area contributed by atoms with E-state index in [2.05, 4.69) is 12.2 Å². The van der Waals surface area contributed by atoms with Crippen LogP contribution >= 0.6 is 0 Å². The van der Waals surface area contributed by atoms with Crippen molar-refractivity contribution in [2.75, 3.05) is 7.05 Å². The Bertz CT molecular complexity index is 406. The van der Waals surface area contributed by atoms with E-state index in [4.69, 9.17) is 4.74 Å². The summed E-state index contributed by atoms with van der Waals surface area (Å²) in [6.45, 7) is 4.01. The average molecular weight is 265 g/mol. The number of nitrogens with one attached hydrogen (secondary N) is 1. The third kappa shape index (κ3) is 4.56. The zero-order valence-corrected chi connectivity index (χ0v) is 11.8. The van der Waals surface area contributed by atoms with E-state index in [1.807, 2.05) is 31.2 Å². The van der Waals surface area contributed by atoms with Gasteiger partial charge in [-0.2, -0.15) is 0 Å². The second kappa shape index (κ2) is 7.79. The summed E-state index contributed by atoms with van der Waals surface area (Å²) < 4.78 is 5.27. The molecule has 4 nitrogen and oxygen atoms in total. The summed E-state index contributed by atoms with van der Waals surface area (Å²) in [7, 11) is 1.51. The molecule has 1 rings (SSSR count). The van der Waals surface area contributed by atoms with E-state index in [0.29, 0.717) is 6.42 Å². The number of hydrogen-bond acceptors (Lipinski definition) is 3. The summed E-state index contributed by atoms with van der Waals surface area (Å²) in [4.78, 5) is 11.4. The Morgan fingerprint density at radius 1 is 1.42 bits per heavy atom. The summed E-state index contributed by atoms with van der Waals surface area (Å²) in [5.74, 6) is 0. The van der Waals surface area contributed by atoms with Crippen LogP contribution in [0.1, 0.15) is 43.4 Å². The van der Waals surface area contributed by atoms with Crippen LogP contribution in [0, 0.1) is 6.92 Å². The molecular formula is C15H23NO3. The first-order valence-corrected chi connectivity index (χ1v) is 6.72. The molecule has 0 aliphatic rings. The SMILES string of the molecule is CCCC[C@H](OC(=O)NC)[C@@H](O)c1ccccc1C. The third-order valence-electron chi connectivity index (χ3n) is 3.16. The van der Waals surface area contributed by atoms with Crippen LogP contribution in [0.25, 0.3) is 0 Å². The maximum Gasteiger partial charge on any atom is 0.407 e. The Labute approximate surface area is 114 Å². The Balaban J connectivity index is 2.83. The van der Waals surface area contributed by atoms with Crippen molar-refractivity contribution in [1.29, 1.82) is 0 Å². The van der Waals surface area contributed by atoms with Gasteiger partial charge in [-0.05, 0) is 30.9 Å². The minimum atomic E-state index is -0.787. The smallest absolute Gasteiger partial charge is 0.407 e. The van der Waals surface area contributed by atoms with Crippen molar-refractivity contribution >= 4 is 6.09 Å². The van der Waals surface area contributed by atoms with E-state index < -0.39 is 18.3 Å². The normalized spacial score (nSPS) is 13.7. The fourth-order valence-corrected chi connectivity index (χ4v) is 2.00. The zero-order valence-electron chi connectivity index (χ0n) is 11.8. The van der Waals surface area contributed by atoms with E-state index in [1.165, 1.54) is 7.05 Å². The molecule has 1 aromatic rings. The molecule has 0 aliphatic heterocycles. The van der Waals surface area contributed by atoms with E-state index in [1.54, 1.807) is 0 Å². The fraction of sp³-hybridized carbons (Fsp3) is 0.533. The van der Waals surface area contributed by atoms with Crippen LogP contribution in [-0.2, 0) is 4.74 Å². The number of benzene rings is 1. The number of aliphatic hydroxyl groups is 1. The van der Waals surface area contributed by atoms with Crippen molar-refractivity contribution in [3.05, 3.63) is 35.4 Å². The molecule has 4 heteroatoms. The number of rotatable bonds is 6. The van der Waals surface area contributed by atoms with Crippen molar-refractivity contribution < 1.29 is 14.6 Å². The number of alkyl carbamates (subject to hydrolysis) is 1. The summed E-state index contributed by atoms with van der Waals surface area (Å²) in [5, 5.41) is 12.8. The number of carbonyl (C=O) groups excluding carboxylic acids is 1. The molecule has 0 saturated heterocycles. The molecule has 1 aromatic carbocycles. The standard InChI is InChI=1S/C15H23NO3/c1-4-5-10-13(19-15(18)16-3)14(17)12-9-7-6-8-11(12)2/h6-9,13-14,17H,4-5,10H2,1-3H3,(H,16,18)/t13-,14-/m0/s1. The Hall–Kier alpha value is -1.55. The van der Waals surface area contributed by atoms with Gasteiger partial charge in [-0.1, -0.05) is 37.6 Å². The lowest BCUT2D eigenvalue weighted by Gasteiger charge is -2.24. The van der Waals surface area contributed by atoms with E-state index in [9.17, 15) is 9.90 Å². The zero-order chi connectivity index (χ0) is 14.3. The molecule has 0 unspecified atom stereocenters. The van der Waals surface area contributed by atoms with Gasteiger partial charge >= 0.3 is 6.09 Å². The first-order chi connectivity index (χ1) is 9.10. The molecule has 2 atom stereocenters. The lowest BCUT2D eigenvalue weighted by Crippen LogP contribution is -2.30. The molecule has 0 fully saturated rings. The quantitative estimate of drug-likeness (QED) is 0.831. The van der Waals surface area contributed by atoms with Gasteiger partial charge in [-0.15, -0.1) is 0 Å². The predicted molar refractivity (Wildman–Crippen MR) is 75.0 cm³/mol. The number of unbranched alkanes of at least 4 members (excludes halogenated alkanes) is 1. The van der Waals surface area contributed by atoms with Crippen LogP contribution in [0.15, 0.2) is 24.3 Å². The Morgan fingerprint density at radius 3 is 2.68 bits per heavy atom. The van der Waals surface area contributed by atoms with Gasteiger partial charge in [-0.3, -0.25) is 0 Å². The van der Waals surface area contributed by atoms with Gasteiger partial charge in [-0.25, -0.2) is 4.79 Å². The highest BCUT2D eigenvalue weighted by Gasteiger charge is 2.25. The Morgan fingerprint density at radius 2 is 2.11 bits per heavy atom. The molecule has 0 aromatic heterocycles. The second-order valence-electron chi connectivity index (χ2n) is 4.64. The van der Waals surface area contributed by atoms with Crippen molar-refractivity contribution in [3.63, 3.8) is 0 Å². The number of hydrogen-bond donors (Lipinski definition) is 2. The van der Waals surface area contributed by atoms with Gasteiger partial charge in [0.15, 0.2) is 0 Å². The highest BCUT2D eigenvalue weighted by atomic mass is 16.6. The molecule has 106 valence electrons. The molecule has 0 saturated carbocycles. The van der Waals surface area contributed by atoms with Crippen LogP contribution in [-0.4, -0.2) is 24.4 Å². The molecule has 0 aliphatic carbocycles. The van der Waals surface area contributed by atoms with Gasteiger partial charge in [0.1, 0.15) is 12.2 Å². The lowest BCUT2D eigenvalue weighted by molar-refractivity contribution is -0.00346. The average Bonchev–Trinajstić information content (AvgIpc) is 2.43. The number of ether oxygens (including phenoxy) is 1. The topological polar surface area (TPSA) is 58.6 Å². The first kappa shape index (κ1) is 15.5. The molecule has 0 bridgehead atoms. The van der Waals surface area contributed by atoms with E-state index in [-0.39, 0.29) is 0 Å². The van der Waals surface area contributed by atoms with Gasteiger partial charge < -0.3 is 15.2 Å². The van der Waals surface area contributed by atoms with Gasteiger partial charge in [0, 0.05) is 7.05 Å². The lowest BCUT2D eigenvalue weighted by atomic mass is 9.96. The van der Waals surface area contributed by atoms with Crippen LogP contribution in [0.3, 0.4) is 0 Å². The number of amides is 1. The highest BCUT2D eigenvalue weighted by Crippen LogP contribution is 2.25. The molecule has 2 N–H and O–H groups in total. The maximum absolute atomic E-state index is 11.4.